The van der Waals surface area contributed by atoms with E-state index in [1.165, 1.54) is 6.92 Å². The summed E-state index contributed by atoms with van der Waals surface area (Å²) in [6.07, 6.45) is 0.928. The number of carbonyl (C=O) groups is 3. The van der Waals surface area contributed by atoms with Crippen molar-refractivity contribution in [3.63, 3.8) is 0 Å². The summed E-state index contributed by atoms with van der Waals surface area (Å²) in [5.74, 6) is -1.05. The molecule has 0 aliphatic rings. The second-order valence-corrected chi connectivity index (χ2v) is 8.65. The Morgan fingerprint density at radius 3 is 1.93 bits per heavy atom. The Morgan fingerprint density at radius 2 is 1.48 bits per heavy atom. The normalized spacial score (nSPS) is 14.6. The molecular formula is C20H35BO6. The fourth-order valence-corrected chi connectivity index (χ4v) is 1.67. The molecule has 2 radical (unpaired) electrons. The van der Waals surface area contributed by atoms with E-state index in [0.717, 1.165) is 0 Å². The molecule has 0 rings (SSSR count). The molecule has 0 aromatic carbocycles. The smallest absolute Gasteiger partial charge is 0.317 e. The van der Waals surface area contributed by atoms with Crippen molar-refractivity contribution in [1.82, 2.24) is 0 Å². The van der Waals surface area contributed by atoms with Gasteiger partial charge in [-0.3, -0.25) is 14.4 Å². The van der Waals surface area contributed by atoms with Crippen LogP contribution in [0.5, 0.6) is 0 Å². The topological polar surface area (TPSA) is 78.9 Å². The van der Waals surface area contributed by atoms with Crippen LogP contribution in [0.15, 0.2) is 0 Å². The van der Waals surface area contributed by atoms with Gasteiger partial charge in [-0.05, 0) is 53.9 Å². The van der Waals surface area contributed by atoms with E-state index in [4.69, 9.17) is 22.1 Å². The van der Waals surface area contributed by atoms with Gasteiger partial charge in [0.15, 0.2) is 5.78 Å². The molecule has 0 heterocycles. The largest absolute Gasteiger partial charge is 0.465 e. The number of carbonyl (C=O) groups excluding carboxylic acids is 3. The number of hydrogen-bond donors (Lipinski definition) is 0. The highest BCUT2D eigenvalue weighted by molar-refractivity contribution is 6.08. The number of hydrogen-bond acceptors (Lipinski definition) is 6. The van der Waals surface area contributed by atoms with Crippen LogP contribution in [0.4, 0.5) is 0 Å². The average Bonchev–Trinajstić information content (AvgIpc) is 2.57. The lowest BCUT2D eigenvalue weighted by molar-refractivity contribution is -0.177. The SMILES string of the molecule is [B]CCCOC(=O)C(C)(COC(=O)C(C)(C)C(C)C)COC(C)(C)C(C)=O. The van der Waals surface area contributed by atoms with E-state index in [1.807, 2.05) is 13.8 Å². The highest BCUT2D eigenvalue weighted by Crippen LogP contribution is 2.30. The van der Waals surface area contributed by atoms with Crippen LogP contribution in [0.1, 0.15) is 61.8 Å². The maximum Gasteiger partial charge on any atom is 0.317 e. The fourth-order valence-electron chi connectivity index (χ4n) is 1.67. The molecule has 0 saturated carbocycles. The first-order valence-corrected chi connectivity index (χ1v) is 9.40. The van der Waals surface area contributed by atoms with Crippen LogP contribution < -0.4 is 0 Å². The van der Waals surface area contributed by atoms with Crippen molar-refractivity contribution in [2.75, 3.05) is 19.8 Å². The highest BCUT2D eigenvalue weighted by Gasteiger charge is 2.42. The van der Waals surface area contributed by atoms with Crippen molar-refractivity contribution in [1.29, 1.82) is 0 Å². The predicted molar refractivity (Wildman–Crippen MR) is 105 cm³/mol. The zero-order valence-corrected chi connectivity index (χ0v) is 18.1. The van der Waals surface area contributed by atoms with Gasteiger partial charge in [0.2, 0.25) is 0 Å². The average molecular weight is 382 g/mol. The summed E-state index contributed by atoms with van der Waals surface area (Å²) in [7, 11) is 5.42. The molecule has 6 nitrogen and oxygen atoms in total. The summed E-state index contributed by atoms with van der Waals surface area (Å²) in [6.45, 7) is 13.6. The van der Waals surface area contributed by atoms with E-state index in [-0.39, 0.29) is 31.5 Å². The maximum absolute atomic E-state index is 12.6. The van der Waals surface area contributed by atoms with Gasteiger partial charge < -0.3 is 14.2 Å². The Bertz CT molecular complexity index is 527. The van der Waals surface area contributed by atoms with Gasteiger partial charge in [0, 0.05) is 0 Å². The monoisotopic (exact) mass is 382 g/mol. The summed E-state index contributed by atoms with van der Waals surface area (Å²) in [6, 6.07) is 0. The lowest BCUT2D eigenvalue weighted by Crippen LogP contribution is -2.45. The van der Waals surface area contributed by atoms with Gasteiger partial charge in [0.05, 0.1) is 26.5 Å². The molecule has 0 aliphatic carbocycles. The van der Waals surface area contributed by atoms with Gasteiger partial charge in [-0.2, -0.15) is 0 Å². The summed E-state index contributed by atoms with van der Waals surface area (Å²) in [4.78, 5) is 36.8. The Morgan fingerprint density at radius 1 is 0.926 bits per heavy atom. The van der Waals surface area contributed by atoms with Crippen molar-refractivity contribution in [3.05, 3.63) is 0 Å². The lowest BCUT2D eigenvalue weighted by atomic mass is 9.81. The number of ether oxygens (including phenoxy) is 3. The summed E-state index contributed by atoms with van der Waals surface area (Å²) >= 11 is 0. The third-order valence-electron chi connectivity index (χ3n) is 5.17. The molecule has 1 atom stereocenters. The first-order chi connectivity index (χ1) is 12.2. The molecule has 0 aliphatic heterocycles. The first-order valence-electron chi connectivity index (χ1n) is 9.40. The van der Waals surface area contributed by atoms with Gasteiger partial charge >= 0.3 is 11.9 Å². The van der Waals surface area contributed by atoms with Crippen LogP contribution in [-0.2, 0) is 28.6 Å². The minimum atomic E-state index is -1.23. The molecule has 0 fully saturated rings. The predicted octanol–water partition coefficient (Wildman–Crippen LogP) is 3.12. The van der Waals surface area contributed by atoms with E-state index in [0.29, 0.717) is 12.7 Å². The summed E-state index contributed by atoms with van der Waals surface area (Å²) in [5.41, 5.74) is -2.98. The Labute approximate surface area is 165 Å². The molecule has 0 saturated heterocycles. The van der Waals surface area contributed by atoms with Crippen LogP contribution in [0.3, 0.4) is 0 Å². The minimum absolute atomic E-state index is 0.0701. The van der Waals surface area contributed by atoms with E-state index in [9.17, 15) is 14.4 Å². The Kier molecular flexibility index (Phi) is 9.74. The van der Waals surface area contributed by atoms with Crippen molar-refractivity contribution in [2.24, 2.45) is 16.7 Å². The third kappa shape index (κ3) is 7.64. The standard InChI is InChI=1S/C20H35BO6/c1-14(2)18(4,5)16(23)26-12-20(8,17(24)25-11-9-10-21)13-27-19(6,7)15(3)22/h14H,9-13H2,1-8H3. The minimum Gasteiger partial charge on any atom is -0.465 e. The van der Waals surface area contributed by atoms with Crippen LogP contribution in [0.25, 0.3) is 0 Å². The van der Waals surface area contributed by atoms with Crippen LogP contribution >= 0.6 is 0 Å². The maximum atomic E-state index is 12.6. The Balaban J connectivity index is 5.25. The number of ketones is 1. The highest BCUT2D eigenvalue weighted by atomic mass is 16.6. The second-order valence-electron chi connectivity index (χ2n) is 8.65. The molecule has 154 valence electrons. The van der Waals surface area contributed by atoms with Gasteiger partial charge in [0.1, 0.15) is 17.6 Å². The van der Waals surface area contributed by atoms with Crippen molar-refractivity contribution >= 4 is 25.6 Å². The van der Waals surface area contributed by atoms with E-state index >= 15 is 0 Å². The lowest BCUT2D eigenvalue weighted by Gasteiger charge is -2.33. The molecule has 0 aromatic heterocycles. The van der Waals surface area contributed by atoms with Gasteiger partial charge in [-0.25, -0.2) is 0 Å². The second kappa shape index (κ2) is 10.3. The quantitative estimate of drug-likeness (QED) is 0.293. The molecule has 0 spiro atoms. The van der Waals surface area contributed by atoms with Crippen LogP contribution in [-0.4, -0.2) is 51.0 Å². The number of rotatable bonds is 12. The van der Waals surface area contributed by atoms with E-state index in [2.05, 4.69) is 0 Å². The summed E-state index contributed by atoms with van der Waals surface area (Å²) < 4.78 is 16.4. The van der Waals surface area contributed by atoms with Crippen molar-refractivity contribution in [3.8, 4) is 0 Å². The Hall–Kier alpha value is -1.37. The van der Waals surface area contributed by atoms with Gasteiger partial charge in [-0.15, -0.1) is 0 Å². The zero-order valence-electron chi connectivity index (χ0n) is 18.1. The number of Topliss-reactive ketones (excluding diaryl/α,β-unsaturated/α-hetero) is 1. The van der Waals surface area contributed by atoms with Crippen LogP contribution in [0, 0.1) is 16.7 Å². The van der Waals surface area contributed by atoms with E-state index in [1.54, 1.807) is 34.6 Å². The molecule has 0 aromatic rings. The summed E-state index contributed by atoms with van der Waals surface area (Å²) in [5, 5.41) is 0. The van der Waals surface area contributed by atoms with Crippen molar-refractivity contribution < 1.29 is 28.6 Å². The molecule has 0 bridgehead atoms. The molecule has 27 heavy (non-hydrogen) atoms. The van der Waals surface area contributed by atoms with Gasteiger partial charge in [-0.1, -0.05) is 20.2 Å². The third-order valence-corrected chi connectivity index (χ3v) is 5.17. The molecule has 0 N–H and O–H groups in total. The molecule has 7 heteroatoms. The number of esters is 2. The zero-order chi connectivity index (χ0) is 21.5. The first kappa shape index (κ1) is 25.6. The van der Waals surface area contributed by atoms with Gasteiger partial charge in [0.25, 0.3) is 0 Å². The molecule has 1 unspecified atom stereocenters. The molecule has 0 amide bonds. The molecular weight excluding hydrogens is 347 g/mol. The van der Waals surface area contributed by atoms with Crippen LogP contribution in [0.2, 0.25) is 6.32 Å². The fraction of sp³-hybridized carbons (Fsp3) is 0.850. The van der Waals surface area contributed by atoms with E-state index < -0.39 is 28.4 Å². The van der Waals surface area contributed by atoms with Crippen molar-refractivity contribution in [2.45, 2.75) is 73.7 Å².